The molecule has 6 nitrogen and oxygen atoms in total. The number of piperidine rings is 1. The summed E-state index contributed by atoms with van der Waals surface area (Å²) in [5, 5.41) is 5.56. The van der Waals surface area contributed by atoms with E-state index >= 15 is 0 Å². The van der Waals surface area contributed by atoms with Gasteiger partial charge in [0.1, 0.15) is 0 Å². The lowest BCUT2D eigenvalue weighted by Crippen LogP contribution is -2.48. The smallest absolute Gasteiger partial charge is 0.258 e. The van der Waals surface area contributed by atoms with Gasteiger partial charge in [-0.05, 0) is 31.0 Å². The van der Waals surface area contributed by atoms with E-state index in [2.05, 4.69) is 10.6 Å². The maximum Gasteiger partial charge on any atom is 0.258 e. The summed E-state index contributed by atoms with van der Waals surface area (Å²) >= 11 is 0. The summed E-state index contributed by atoms with van der Waals surface area (Å²) in [5.74, 6) is 0.961. The molecule has 21 heavy (non-hydrogen) atoms. The highest BCUT2D eigenvalue weighted by Gasteiger charge is 2.19. The minimum absolute atomic E-state index is 0.0288. The molecule has 1 aliphatic rings. The number of carbonyl (C=O) groups is 2. The van der Waals surface area contributed by atoms with Crippen LogP contribution in [0.4, 0.5) is 0 Å². The summed E-state index contributed by atoms with van der Waals surface area (Å²) in [6.07, 6.45) is 1.10. The van der Waals surface area contributed by atoms with Crippen molar-refractivity contribution < 1.29 is 19.1 Å². The van der Waals surface area contributed by atoms with Gasteiger partial charge in [0.2, 0.25) is 5.91 Å². The Balaban J connectivity index is 1.82. The van der Waals surface area contributed by atoms with E-state index in [0.29, 0.717) is 30.9 Å². The number of aryl methyl sites for hydroxylation is 1. The third-order valence-electron chi connectivity index (χ3n) is 3.31. The number of hydrogen-bond acceptors (Lipinski definition) is 4. The third kappa shape index (κ3) is 4.37. The highest BCUT2D eigenvalue weighted by atomic mass is 16.5. The van der Waals surface area contributed by atoms with Crippen LogP contribution in [0.1, 0.15) is 18.4 Å². The fraction of sp³-hybridized carbons (Fsp3) is 0.467. The molecule has 2 rings (SSSR count). The average Bonchev–Trinajstić information content (AvgIpc) is 2.48. The Morgan fingerprint density at radius 2 is 2.24 bits per heavy atom. The van der Waals surface area contributed by atoms with E-state index in [1.54, 1.807) is 13.2 Å². The normalized spacial score (nSPS) is 17.8. The van der Waals surface area contributed by atoms with Gasteiger partial charge in [-0.15, -0.1) is 0 Å². The van der Waals surface area contributed by atoms with Crippen LogP contribution in [0.3, 0.4) is 0 Å². The van der Waals surface area contributed by atoms with Crippen LogP contribution in [0, 0.1) is 6.92 Å². The van der Waals surface area contributed by atoms with Gasteiger partial charge in [-0.2, -0.15) is 0 Å². The second kappa shape index (κ2) is 6.97. The lowest BCUT2D eigenvalue weighted by Gasteiger charge is -2.23. The molecule has 114 valence electrons. The Labute approximate surface area is 123 Å². The molecule has 1 aromatic carbocycles. The summed E-state index contributed by atoms with van der Waals surface area (Å²) in [5.41, 5.74) is 1.06. The summed E-state index contributed by atoms with van der Waals surface area (Å²) < 4.78 is 10.7. The summed E-state index contributed by atoms with van der Waals surface area (Å²) in [7, 11) is 1.56. The molecular formula is C15H20N2O4. The topological polar surface area (TPSA) is 76.7 Å². The highest BCUT2D eigenvalue weighted by Crippen LogP contribution is 2.27. The van der Waals surface area contributed by atoms with Crippen molar-refractivity contribution in [1.29, 1.82) is 0 Å². The molecule has 6 heteroatoms. The maximum absolute atomic E-state index is 11.8. The number of rotatable bonds is 5. The van der Waals surface area contributed by atoms with Crippen molar-refractivity contribution in [3.63, 3.8) is 0 Å². The SMILES string of the molecule is COc1cc(C)ccc1OCC(=O)NC1CCC(=O)NC1. The Morgan fingerprint density at radius 1 is 1.43 bits per heavy atom. The predicted molar refractivity (Wildman–Crippen MR) is 77.4 cm³/mol. The zero-order valence-corrected chi connectivity index (χ0v) is 12.3. The fourth-order valence-electron chi connectivity index (χ4n) is 2.16. The van der Waals surface area contributed by atoms with Crippen molar-refractivity contribution in [2.75, 3.05) is 20.3 Å². The standard InChI is InChI=1S/C15H20N2O4/c1-10-3-5-12(13(7-10)20-2)21-9-15(19)17-11-4-6-14(18)16-8-11/h3,5,7,11H,4,6,8-9H2,1-2H3,(H,16,18)(H,17,19). The molecule has 0 saturated carbocycles. The number of hydrogen-bond donors (Lipinski definition) is 2. The van der Waals surface area contributed by atoms with Gasteiger partial charge in [-0.1, -0.05) is 6.07 Å². The van der Waals surface area contributed by atoms with Crippen molar-refractivity contribution in [3.05, 3.63) is 23.8 Å². The Hall–Kier alpha value is -2.24. The van der Waals surface area contributed by atoms with Crippen LogP contribution in [-0.4, -0.2) is 38.1 Å². The number of benzene rings is 1. The van der Waals surface area contributed by atoms with Gasteiger partial charge < -0.3 is 20.1 Å². The molecule has 1 atom stereocenters. The van der Waals surface area contributed by atoms with Gasteiger partial charge in [-0.3, -0.25) is 9.59 Å². The molecule has 1 saturated heterocycles. The highest BCUT2D eigenvalue weighted by molar-refractivity contribution is 5.79. The van der Waals surface area contributed by atoms with E-state index in [4.69, 9.17) is 9.47 Å². The number of amides is 2. The predicted octanol–water partition coefficient (Wildman–Crippen LogP) is 0.777. The molecule has 0 aliphatic carbocycles. The van der Waals surface area contributed by atoms with Crippen LogP contribution in [0.5, 0.6) is 11.5 Å². The zero-order valence-electron chi connectivity index (χ0n) is 12.3. The van der Waals surface area contributed by atoms with Crippen LogP contribution < -0.4 is 20.1 Å². The van der Waals surface area contributed by atoms with Crippen LogP contribution >= 0.6 is 0 Å². The Kier molecular flexibility index (Phi) is 5.03. The minimum atomic E-state index is -0.209. The molecule has 1 fully saturated rings. The van der Waals surface area contributed by atoms with Gasteiger partial charge in [0.15, 0.2) is 18.1 Å². The second-order valence-electron chi connectivity index (χ2n) is 5.05. The molecule has 2 amide bonds. The first-order valence-corrected chi connectivity index (χ1v) is 6.92. The number of nitrogens with one attached hydrogen (secondary N) is 2. The van der Waals surface area contributed by atoms with Gasteiger partial charge in [0, 0.05) is 19.0 Å². The first-order chi connectivity index (χ1) is 10.1. The summed E-state index contributed by atoms with van der Waals surface area (Å²) in [6.45, 7) is 2.35. The van der Waals surface area contributed by atoms with E-state index in [9.17, 15) is 9.59 Å². The molecule has 1 aromatic rings. The first kappa shape index (κ1) is 15.2. The second-order valence-corrected chi connectivity index (χ2v) is 5.05. The fourth-order valence-corrected chi connectivity index (χ4v) is 2.16. The number of ether oxygens (including phenoxy) is 2. The van der Waals surface area contributed by atoms with E-state index in [-0.39, 0.29) is 24.5 Å². The Morgan fingerprint density at radius 3 is 2.90 bits per heavy atom. The average molecular weight is 292 g/mol. The quantitative estimate of drug-likeness (QED) is 0.840. The first-order valence-electron chi connectivity index (χ1n) is 6.92. The van der Waals surface area contributed by atoms with Crippen LogP contribution in [-0.2, 0) is 9.59 Å². The molecule has 1 aliphatic heterocycles. The van der Waals surface area contributed by atoms with Crippen LogP contribution in [0.2, 0.25) is 0 Å². The number of methoxy groups -OCH3 is 1. The summed E-state index contributed by atoms with van der Waals surface area (Å²) in [4.78, 5) is 22.9. The third-order valence-corrected chi connectivity index (χ3v) is 3.31. The summed E-state index contributed by atoms with van der Waals surface area (Å²) in [6, 6.07) is 5.50. The monoisotopic (exact) mass is 292 g/mol. The van der Waals surface area contributed by atoms with Gasteiger partial charge in [-0.25, -0.2) is 0 Å². The van der Waals surface area contributed by atoms with Crippen LogP contribution in [0.25, 0.3) is 0 Å². The largest absolute Gasteiger partial charge is 0.493 e. The van der Waals surface area contributed by atoms with Crippen molar-refractivity contribution in [1.82, 2.24) is 10.6 Å². The Bertz CT molecular complexity index is 520. The van der Waals surface area contributed by atoms with Crippen molar-refractivity contribution in [3.8, 4) is 11.5 Å². The molecule has 0 radical (unpaired) electrons. The molecule has 1 heterocycles. The molecular weight excluding hydrogens is 272 g/mol. The lowest BCUT2D eigenvalue weighted by atomic mass is 10.1. The zero-order chi connectivity index (χ0) is 15.2. The van der Waals surface area contributed by atoms with E-state index in [0.717, 1.165) is 5.56 Å². The molecule has 0 spiro atoms. The van der Waals surface area contributed by atoms with E-state index in [1.807, 2.05) is 19.1 Å². The molecule has 2 N–H and O–H groups in total. The van der Waals surface area contributed by atoms with Crippen molar-refractivity contribution >= 4 is 11.8 Å². The lowest BCUT2D eigenvalue weighted by molar-refractivity contribution is -0.126. The van der Waals surface area contributed by atoms with E-state index < -0.39 is 0 Å². The van der Waals surface area contributed by atoms with Crippen LogP contribution in [0.15, 0.2) is 18.2 Å². The molecule has 0 aromatic heterocycles. The number of carbonyl (C=O) groups excluding carboxylic acids is 2. The van der Waals surface area contributed by atoms with Gasteiger partial charge in [0.25, 0.3) is 5.91 Å². The molecule has 0 bridgehead atoms. The van der Waals surface area contributed by atoms with Gasteiger partial charge in [0.05, 0.1) is 7.11 Å². The van der Waals surface area contributed by atoms with Gasteiger partial charge >= 0.3 is 0 Å². The van der Waals surface area contributed by atoms with E-state index in [1.165, 1.54) is 0 Å². The maximum atomic E-state index is 11.8. The van der Waals surface area contributed by atoms with Crippen molar-refractivity contribution in [2.45, 2.75) is 25.8 Å². The minimum Gasteiger partial charge on any atom is -0.493 e. The van der Waals surface area contributed by atoms with Crippen molar-refractivity contribution in [2.24, 2.45) is 0 Å². The molecule has 1 unspecified atom stereocenters.